The minimum Gasteiger partial charge on any atom is -0.465 e. The van der Waals surface area contributed by atoms with Gasteiger partial charge in [0.1, 0.15) is 0 Å². The van der Waals surface area contributed by atoms with Crippen molar-refractivity contribution in [2.45, 2.75) is 0 Å². The molecule has 1 aromatic rings. The second-order valence-corrected chi connectivity index (χ2v) is 4.00. The Kier molecular flexibility index (Phi) is 4.11. The molecule has 0 aliphatic rings. The average Bonchev–Trinajstić information content (AvgIpc) is 2.14. The zero-order chi connectivity index (χ0) is 11.4. The van der Waals surface area contributed by atoms with E-state index in [4.69, 9.17) is 16.7 Å². The molecule has 0 saturated carbocycles. The van der Waals surface area contributed by atoms with Crippen LogP contribution in [0.2, 0.25) is 5.02 Å². The van der Waals surface area contributed by atoms with Gasteiger partial charge in [0, 0.05) is 15.1 Å². The van der Waals surface area contributed by atoms with Crippen LogP contribution in [0.1, 0.15) is 10.4 Å². The van der Waals surface area contributed by atoms with Gasteiger partial charge >= 0.3 is 6.09 Å². The fourth-order valence-electron chi connectivity index (χ4n) is 0.967. The van der Waals surface area contributed by atoms with Crippen molar-refractivity contribution in [1.82, 2.24) is 5.32 Å². The monoisotopic (exact) mass is 291 g/mol. The Morgan fingerprint density at radius 2 is 2.13 bits per heavy atom. The second kappa shape index (κ2) is 5.14. The summed E-state index contributed by atoms with van der Waals surface area (Å²) in [6.07, 6.45) is -1.23. The van der Waals surface area contributed by atoms with Crippen molar-refractivity contribution in [3.8, 4) is 0 Å². The Labute approximate surface area is 99.4 Å². The summed E-state index contributed by atoms with van der Waals surface area (Å²) in [6.45, 7) is -0.254. The first-order valence-corrected chi connectivity index (χ1v) is 5.13. The third kappa shape index (κ3) is 3.53. The fraction of sp³-hybridized carbons (Fsp3) is 0.111. The number of carbonyl (C=O) groups is 2. The number of Topliss-reactive ketones (excluding diaryl/α,β-unsaturated/α-hetero) is 1. The fourth-order valence-corrected chi connectivity index (χ4v) is 1.87. The maximum absolute atomic E-state index is 11.5. The van der Waals surface area contributed by atoms with Crippen LogP contribution in [-0.4, -0.2) is 23.5 Å². The largest absolute Gasteiger partial charge is 0.465 e. The van der Waals surface area contributed by atoms with E-state index >= 15 is 0 Å². The number of hydrogen-bond donors (Lipinski definition) is 2. The topological polar surface area (TPSA) is 66.4 Å². The predicted molar refractivity (Wildman–Crippen MR) is 59.5 cm³/mol. The van der Waals surface area contributed by atoms with Gasteiger partial charge in [0.05, 0.1) is 6.54 Å². The van der Waals surface area contributed by atoms with Crippen LogP contribution in [0.15, 0.2) is 22.7 Å². The van der Waals surface area contributed by atoms with Gasteiger partial charge in [-0.15, -0.1) is 0 Å². The third-order valence-corrected chi connectivity index (χ3v) is 2.52. The quantitative estimate of drug-likeness (QED) is 0.841. The van der Waals surface area contributed by atoms with Crippen LogP contribution in [-0.2, 0) is 0 Å². The number of amides is 1. The zero-order valence-electron chi connectivity index (χ0n) is 7.46. The van der Waals surface area contributed by atoms with Crippen molar-refractivity contribution >= 4 is 39.4 Å². The zero-order valence-corrected chi connectivity index (χ0v) is 9.80. The number of carbonyl (C=O) groups excluding carboxylic acids is 1. The Balaban J connectivity index is 2.78. The van der Waals surface area contributed by atoms with Gasteiger partial charge in [0.2, 0.25) is 0 Å². The van der Waals surface area contributed by atoms with Crippen molar-refractivity contribution < 1.29 is 14.7 Å². The molecule has 6 heteroatoms. The van der Waals surface area contributed by atoms with Crippen LogP contribution in [0.4, 0.5) is 4.79 Å². The first-order chi connectivity index (χ1) is 7.00. The number of halogens is 2. The molecule has 80 valence electrons. The summed E-state index contributed by atoms with van der Waals surface area (Å²) in [7, 11) is 0. The normalized spacial score (nSPS) is 9.73. The Bertz CT molecular complexity index is 408. The molecule has 0 bridgehead atoms. The lowest BCUT2D eigenvalue weighted by Crippen LogP contribution is -2.27. The molecule has 1 aromatic carbocycles. The predicted octanol–water partition coefficient (Wildman–Crippen LogP) is 2.55. The van der Waals surface area contributed by atoms with E-state index in [0.717, 1.165) is 0 Å². The molecule has 0 unspecified atom stereocenters. The maximum Gasteiger partial charge on any atom is 0.405 e. The first kappa shape index (κ1) is 12.0. The summed E-state index contributed by atoms with van der Waals surface area (Å²) in [5.74, 6) is -0.319. The van der Waals surface area contributed by atoms with Crippen molar-refractivity contribution in [2.75, 3.05) is 6.54 Å². The molecule has 4 nitrogen and oxygen atoms in total. The van der Waals surface area contributed by atoms with E-state index < -0.39 is 6.09 Å². The molecule has 0 atom stereocenters. The molecule has 0 aliphatic carbocycles. The van der Waals surface area contributed by atoms with E-state index in [1.807, 2.05) is 5.32 Å². The maximum atomic E-state index is 11.5. The highest BCUT2D eigenvalue weighted by Crippen LogP contribution is 2.21. The lowest BCUT2D eigenvalue weighted by Gasteiger charge is -2.03. The molecule has 0 spiro atoms. The molecule has 0 aliphatic heterocycles. The lowest BCUT2D eigenvalue weighted by atomic mass is 10.1. The van der Waals surface area contributed by atoms with Crippen LogP contribution in [0.5, 0.6) is 0 Å². The lowest BCUT2D eigenvalue weighted by molar-refractivity contribution is 0.0986. The summed E-state index contributed by atoms with van der Waals surface area (Å²) in [6, 6.07) is 4.69. The molecule has 15 heavy (non-hydrogen) atoms. The van der Waals surface area contributed by atoms with E-state index in [-0.39, 0.29) is 12.3 Å². The smallest absolute Gasteiger partial charge is 0.405 e. The number of rotatable bonds is 3. The van der Waals surface area contributed by atoms with Crippen LogP contribution in [0.25, 0.3) is 0 Å². The average molecular weight is 293 g/mol. The van der Waals surface area contributed by atoms with Crippen LogP contribution in [0, 0.1) is 0 Å². The van der Waals surface area contributed by atoms with Gasteiger partial charge in [-0.2, -0.15) is 0 Å². The molecular weight excluding hydrogens is 285 g/mol. The van der Waals surface area contributed by atoms with E-state index in [2.05, 4.69) is 15.9 Å². The van der Waals surface area contributed by atoms with Crippen molar-refractivity contribution in [3.05, 3.63) is 33.3 Å². The molecule has 2 N–H and O–H groups in total. The standard InChI is InChI=1S/C9H7BrClNO3/c10-7-3-5(11)1-2-6(7)8(13)4-12-9(14)15/h1-3,12H,4H2,(H,14,15). The van der Waals surface area contributed by atoms with Crippen molar-refractivity contribution in [1.29, 1.82) is 0 Å². The summed E-state index contributed by atoms with van der Waals surface area (Å²) in [5, 5.41) is 10.8. The second-order valence-electron chi connectivity index (χ2n) is 2.71. The molecule has 0 fully saturated rings. The van der Waals surface area contributed by atoms with Crippen molar-refractivity contribution in [3.63, 3.8) is 0 Å². The van der Waals surface area contributed by atoms with Crippen molar-refractivity contribution in [2.24, 2.45) is 0 Å². The van der Waals surface area contributed by atoms with Gasteiger partial charge in [0.25, 0.3) is 0 Å². The number of nitrogens with one attached hydrogen (secondary N) is 1. The molecule has 0 saturated heterocycles. The molecular formula is C9H7BrClNO3. The van der Waals surface area contributed by atoms with E-state index in [9.17, 15) is 9.59 Å². The van der Waals surface area contributed by atoms with Crippen LogP contribution >= 0.6 is 27.5 Å². The summed E-state index contributed by atoms with van der Waals surface area (Å²) in [5.41, 5.74) is 0.396. The van der Waals surface area contributed by atoms with Gasteiger partial charge < -0.3 is 10.4 Å². The van der Waals surface area contributed by atoms with Gasteiger partial charge in [-0.1, -0.05) is 11.6 Å². The van der Waals surface area contributed by atoms with Gasteiger partial charge in [-0.05, 0) is 34.1 Å². The number of hydrogen-bond acceptors (Lipinski definition) is 2. The Morgan fingerprint density at radius 1 is 1.47 bits per heavy atom. The van der Waals surface area contributed by atoms with Gasteiger partial charge in [-0.25, -0.2) is 4.79 Å². The SMILES string of the molecule is O=C(O)NCC(=O)c1ccc(Cl)cc1Br. The molecule has 0 radical (unpaired) electrons. The number of ketones is 1. The molecule has 0 heterocycles. The van der Waals surface area contributed by atoms with Gasteiger partial charge in [-0.3, -0.25) is 4.79 Å². The Morgan fingerprint density at radius 3 is 2.67 bits per heavy atom. The highest BCUT2D eigenvalue weighted by molar-refractivity contribution is 9.10. The van der Waals surface area contributed by atoms with Crippen LogP contribution in [0.3, 0.4) is 0 Å². The third-order valence-electron chi connectivity index (χ3n) is 1.63. The molecule has 0 aromatic heterocycles. The minimum atomic E-state index is -1.23. The minimum absolute atomic E-state index is 0.254. The summed E-state index contributed by atoms with van der Waals surface area (Å²) < 4.78 is 0.548. The Hall–Kier alpha value is -1.07. The van der Waals surface area contributed by atoms with E-state index in [0.29, 0.717) is 15.1 Å². The molecule has 1 rings (SSSR count). The summed E-state index contributed by atoms with van der Waals surface area (Å²) in [4.78, 5) is 21.7. The van der Waals surface area contributed by atoms with Crippen LogP contribution < -0.4 is 5.32 Å². The van der Waals surface area contributed by atoms with Gasteiger partial charge in [0.15, 0.2) is 5.78 Å². The van der Waals surface area contributed by atoms with E-state index in [1.54, 1.807) is 12.1 Å². The van der Waals surface area contributed by atoms with E-state index in [1.165, 1.54) is 6.07 Å². The highest BCUT2D eigenvalue weighted by atomic mass is 79.9. The summed E-state index contributed by atoms with van der Waals surface area (Å²) >= 11 is 8.87. The number of carboxylic acid groups (broad SMARTS) is 1. The number of benzene rings is 1. The molecule has 1 amide bonds. The first-order valence-electron chi connectivity index (χ1n) is 3.95. The highest BCUT2D eigenvalue weighted by Gasteiger charge is 2.10.